The highest BCUT2D eigenvalue weighted by Gasteiger charge is 2.30. The second kappa shape index (κ2) is 49.8. The molecule has 0 radical (unpaired) electrons. The lowest BCUT2D eigenvalue weighted by Crippen LogP contribution is -2.30. The lowest BCUT2D eigenvalue weighted by Gasteiger charge is -2.21. The number of carbonyl (C=O) groups excluding carboxylic acids is 4. The monoisotopic (exact) mass is 1140 g/mol. The Hall–Kier alpha value is -1.94. The Morgan fingerprint density at radius 1 is 0.364 bits per heavy atom. The quantitative estimate of drug-likeness (QED) is 0.0222. The van der Waals surface area contributed by atoms with Crippen molar-refractivity contribution in [2.24, 2.45) is 17.8 Å². The Bertz CT molecular complexity index is 1550. The van der Waals surface area contributed by atoms with Crippen LogP contribution in [0.2, 0.25) is 0 Å². The number of aliphatic hydroxyl groups is 1. The largest absolute Gasteiger partial charge is 0.472 e. The molecule has 0 aliphatic rings. The van der Waals surface area contributed by atoms with Crippen LogP contribution in [0.4, 0.5) is 0 Å². The van der Waals surface area contributed by atoms with Crippen LogP contribution in [0.15, 0.2) is 0 Å². The summed E-state index contributed by atoms with van der Waals surface area (Å²) in [5, 5.41) is 10.5. The van der Waals surface area contributed by atoms with Crippen LogP contribution in [0, 0.1) is 17.8 Å². The van der Waals surface area contributed by atoms with Crippen LogP contribution in [0.25, 0.3) is 0 Å². The van der Waals surface area contributed by atoms with E-state index in [0.29, 0.717) is 25.7 Å². The summed E-state index contributed by atoms with van der Waals surface area (Å²) in [7, 11) is -9.87. The Morgan fingerprint density at radius 2 is 0.623 bits per heavy atom. The first kappa shape index (κ1) is 75.1. The maximum Gasteiger partial charge on any atom is 0.472 e. The van der Waals surface area contributed by atoms with E-state index < -0.39 is 97.5 Å². The highest BCUT2D eigenvalue weighted by atomic mass is 31.2. The molecule has 0 amide bonds. The number of phosphoric acid groups is 2. The number of carbonyl (C=O) groups is 4. The van der Waals surface area contributed by atoms with Crippen LogP contribution in [0.1, 0.15) is 273 Å². The third-order valence-electron chi connectivity index (χ3n) is 14.2. The molecular formula is C58H112O17P2. The van der Waals surface area contributed by atoms with Gasteiger partial charge in [-0.2, -0.15) is 0 Å². The van der Waals surface area contributed by atoms with Crippen LogP contribution in [0.5, 0.6) is 0 Å². The standard InChI is InChI=1S/C58H112O17P2/c1-8-12-13-22-32-39-55(60)68-45-53(75-58(63)42-35-28-21-19-25-31-38-51(7)11-4)47-72-76(64,65)70-43-52(59)44-71-77(66,67)73-48-54(46-69-56(61)40-33-26-20-18-24-30-37-50(6)10-3)74-57(62)41-34-27-17-15-14-16-23-29-36-49(5)9-2/h49-54,59H,8-48H2,1-7H3,(H,64,65)(H,66,67)/t49?,50?,51?,52-,53+,54+/m0/s1. The second-order valence-corrected chi connectivity index (χ2v) is 24.7. The lowest BCUT2D eigenvalue weighted by molar-refractivity contribution is -0.161. The maximum absolute atomic E-state index is 12.9. The highest BCUT2D eigenvalue weighted by Crippen LogP contribution is 2.45. The lowest BCUT2D eigenvalue weighted by atomic mass is 9.99. The third kappa shape index (κ3) is 49.6. The van der Waals surface area contributed by atoms with Gasteiger partial charge in [0, 0.05) is 25.7 Å². The number of esters is 4. The zero-order valence-corrected chi connectivity index (χ0v) is 51.2. The molecule has 0 rings (SSSR count). The summed E-state index contributed by atoms with van der Waals surface area (Å²) in [6.07, 6.45) is 28.3. The molecule has 0 saturated heterocycles. The van der Waals surface area contributed by atoms with Gasteiger partial charge in [0.05, 0.1) is 26.4 Å². The molecule has 0 aromatic carbocycles. The molecule has 0 aliphatic carbocycles. The van der Waals surface area contributed by atoms with E-state index in [0.717, 1.165) is 120 Å². The van der Waals surface area contributed by atoms with E-state index in [4.69, 9.17) is 37.0 Å². The van der Waals surface area contributed by atoms with Gasteiger partial charge in [-0.05, 0) is 43.4 Å². The minimum Gasteiger partial charge on any atom is -0.462 e. The summed E-state index contributed by atoms with van der Waals surface area (Å²) >= 11 is 0. The number of aliphatic hydroxyl groups excluding tert-OH is 1. The molecular weight excluding hydrogens is 1030 g/mol. The topological polar surface area (TPSA) is 237 Å². The van der Waals surface area contributed by atoms with E-state index >= 15 is 0 Å². The molecule has 77 heavy (non-hydrogen) atoms. The summed E-state index contributed by atoms with van der Waals surface area (Å²) in [6.45, 7) is 11.6. The highest BCUT2D eigenvalue weighted by molar-refractivity contribution is 7.47. The van der Waals surface area contributed by atoms with E-state index in [9.17, 15) is 43.2 Å². The molecule has 456 valence electrons. The molecule has 0 spiro atoms. The summed E-state index contributed by atoms with van der Waals surface area (Å²) < 4.78 is 67.5. The summed E-state index contributed by atoms with van der Waals surface area (Å²) in [6, 6.07) is 0. The molecule has 5 unspecified atom stereocenters. The van der Waals surface area contributed by atoms with Crippen molar-refractivity contribution in [1.29, 1.82) is 0 Å². The van der Waals surface area contributed by atoms with Gasteiger partial charge in [-0.1, -0.05) is 222 Å². The van der Waals surface area contributed by atoms with Crippen LogP contribution >= 0.6 is 15.6 Å². The molecule has 19 heteroatoms. The first-order valence-electron chi connectivity index (χ1n) is 30.5. The van der Waals surface area contributed by atoms with Gasteiger partial charge in [-0.25, -0.2) is 9.13 Å². The SMILES string of the molecule is CCCCCCCC(=O)OC[C@H](COP(=O)(O)OC[C@H](O)COP(=O)(O)OC[C@@H](COC(=O)CCCCCCCCC(C)CC)OC(=O)CCCCCCCCCCC(C)CC)OC(=O)CCCCCCCCC(C)CC. The predicted molar refractivity (Wildman–Crippen MR) is 303 cm³/mol. The Labute approximate surface area is 467 Å². The number of rotatable bonds is 56. The summed E-state index contributed by atoms with van der Waals surface area (Å²) in [4.78, 5) is 71.7. The van der Waals surface area contributed by atoms with E-state index in [2.05, 4.69) is 48.5 Å². The van der Waals surface area contributed by atoms with E-state index in [1.165, 1.54) is 70.6 Å². The number of hydrogen-bond donors (Lipinski definition) is 3. The van der Waals surface area contributed by atoms with Crippen molar-refractivity contribution in [3.8, 4) is 0 Å². The Kier molecular flexibility index (Phi) is 48.6. The number of unbranched alkanes of at least 4 members (excludes halogenated alkanes) is 21. The fraction of sp³-hybridized carbons (Fsp3) is 0.931. The molecule has 0 saturated carbocycles. The van der Waals surface area contributed by atoms with Crippen molar-refractivity contribution in [3.63, 3.8) is 0 Å². The van der Waals surface area contributed by atoms with Gasteiger partial charge in [0.15, 0.2) is 12.2 Å². The van der Waals surface area contributed by atoms with Gasteiger partial charge in [-0.3, -0.25) is 37.3 Å². The number of hydrogen-bond acceptors (Lipinski definition) is 15. The van der Waals surface area contributed by atoms with Crippen LogP contribution in [-0.4, -0.2) is 96.7 Å². The Morgan fingerprint density at radius 3 is 0.922 bits per heavy atom. The van der Waals surface area contributed by atoms with Crippen molar-refractivity contribution in [2.75, 3.05) is 39.6 Å². The zero-order chi connectivity index (χ0) is 57.4. The fourth-order valence-electron chi connectivity index (χ4n) is 8.32. The molecule has 17 nitrogen and oxygen atoms in total. The average molecular weight is 1140 g/mol. The first-order chi connectivity index (χ1) is 36.8. The summed E-state index contributed by atoms with van der Waals surface area (Å²) in [5.74, 6) is 0.0616. The van der Waals surface area contributed by atoms with Crippen molar-refractivity contribution in [3.05, 3.63) is 0 Å². The van der Waals surface area contributed by atoms with Gasteiger partial charge >= 0.3 is 39.5 Å². The molecule has 0 fully saturated rings. The smallest absolute Gasteiger partial charge is 0.462 e. The number of ether oxygens (including phenoxy) is 4. The zero-order valence-electron chi connectivity index (χ0n) is 49.4. The van der Waals surface area contributed by atoms with Gasteiger partial charge in [-0.15, -0.1) is 0 Å². The minimum atomic E-state index is -4.94. The van der Waals surface area contributed by atoms with E-state index in [-0.39, 0.29) is 25.7 Å². The predicted octanol–water partition coefficient (Wildman–Crippen LogP) is 15.2. The van der Waals surface area contributed by atoms with Gasteiger partial charge in [0.25, 0.3) is 0 Å². The van der Waals surface area contributed by atoms with Crippen molar-refractivity contribution in [1.82, 2.24) is 0 Å². The van der Waals surface area contributed by atoms with Crippen LogP contribution in [-0.2, 0) is 65.4 Å². The minimum absolute atomic E-state index is 0.101. The molecule has 8 atom stereocenters. The van der Waals surface area contributed by atoms with Gasteiger partial charge < -0.3 is 33.8 Å². The van der Waals surface area contributed by atoms with Crippen molar-refractivity contribution in [2.45, 2.75) is 292 Å². The van der Waals surface area contributed by atoms with Crippen LogP contribution in [0.3, 0.4) is 0 Å². The normalized spacial score (nSPS) is 15.6. The van der Waals surface area contributed by atoms with E-state index in [1.54, 1.807) is 0 Å². The van der Waals surface area contributed by atoms with Crippen LogP contribution < -0.4 is 0 Å². The molecule has 0 aliphatic heterocycles. The maximum atomic E-state index is 12.9. The third-order valence-corrected chi connectivity index (χ3v) is 16.1. The van der Waals surface area contributed by atoms with E-state index in [1.807, 2.05) is 0 Å². The first-order valence-corrected chi connectivity index (χ1v) is 33.5. The molecule has 0 heterocycles. The molecule has 0 aromatic rings. The van der Waals surface area contributed by atoms with Gasteiger partial charge in [0.1, 0.15) is 19.3 Å². The Balaban J connectivity index is 5.22. The fourth-order valence-corrected chi connectivity index (χ4v) is 9.90. The molecule has 0 aromatic heterocycles. The number of phosphoric ester groups is 2. The molecule has 3 N–H and O–H groups in total. The second-order valence-electron chi connectivity index (χ2n) is 21.8. The van der Waals surface area contributed by atoms with Crippen molar-refractivity contribution >= 4 is 39.5 Å². The average Bonchev–Trinajstić information content (AvgIpc) is 3.40. The summed E-state index contributed by atoms with van der Waals surface area (Å²) in [5.41, 5.74) is 0. The molecule has 0 bridgehead atoms. The van der Waals surface area contributed by atoms with Crippen molar-refractivity contribution < 1.29 is 80.2 Å². The van der Waals surface area contributed by atoms with Gasteiger partial charge in [0.2, 0.25) is 0 Å².